The first kappa shape index (κ1) is 17.4. The number of benzene rings is 1. The quantitative estimate of drug-likeness (QED) is 0.790. The Bertz CT molecular complexity index is 763. The van der Waals surface area contributed by atoms with E-state index in [1.54, 1.807) is 6.20 Å². The van der Waals surface area contributed by atoms with Gasteiger partial charge in [0, 0.05) is 30.3 Å². The van der Waals surface area contributed by atoms with Crippen molar-refractivity contribution in [1.29, 1.82) is 0 Å². The monoisotopic (exact) mass is 357 g/mol. The van der Waals surface area contributed by atoms with Crippen LogP contribution in [-0.4, -0.2) is 34.7 Å². The molecule has 0 amide bonds. The number of H-pyrrole nitrogens is 1. The molecular weight excluding hydrogens is 332 g/mol. The fourth-order valence-electron chi connectivity index (χ4n) is 4.41. The number of hydrogen-bond acceptors (Lipinski definition) is 2. The van der Waals surface area contributed by atoms with Gasteiger partial charge in [-0.25, -0.2) is 8.78 Å². The molecule has 3 nitrogen and oxygen atoms in total. The predicted octanol–water partition coefficient (Wildman–Crippen LogP) is 4.89. The van der Waals surface area contributed by atoms with Gasteiger partial charge in [0.25, 0.3) is 0 Å². The molecule has 2 heterocycles. The molecule has 1 aliphatic carbocycles. The van der Waals surface area contributed by atoms with Gasteiger partial charge in [-0.3, -0.25) is 5.10 Å². The molecule has 1 aromatic carbocycles. The van der Waals surface area contributed by atoms with E-state index in [0.717, 1.165) is 50.5 Å². The SMILES string of the molecule is Fc1cccc(F)c1-c1cn[nH]c1[C@H]1CCCN(C[C@@H]2CC=CCC2)C1. The van der Waals surface area contributed by atoms with Crippen LogP contribution in [0.2, 0.25) is 0 Å². The first-order valence-corrected chi connectivity index (χ1v) is 9.57. The Morgan fingerprint density at radius 2 is 2.00 bits per heavy atom. The summed E-state index contributed by atoms with van der Waals surface area (Å²) in [5.74, 6) is -0.105. The van der Waals surface area contributed by atoms with E-state index in [-0.39, 0.29) is 11.5 Å². The van der Waals surface area contributed by atoms with E-state index in [0.29, 0.717) is 5.56 Å². The molecule has 0 bridgehead atoms. The Morgan fingerprint density at radius 3 is 2.77 bits per heavy atom. The smallest absolute Gasteiger partial charge is 0.134 e. The van der Waals surface area contributed by atoms with E-state index in [9.17, 15) is 8.78 Å². The van der Waals surface area contributed by atoms with Crippen LogP contribution in [0, 0.1) is 17.6 Å². The van der Waals surface area contributed by atoms with Crippen molar-refractivity contribution in [3.63, 3.8) is 0 Å². The van der Waals surface area contributed by atoms with Gasteiger partial charge in [-0.2, -0.15) is 5.10 Å². The highest BCUT2D eigenvalue weighted by Crippen LogP contribution is 2.35. The lowest BCUT2D eigenvalue weighted by Gasteiger charge is -2.35. The molecule has 1 fully saturated rings. The number of aromatic amines is 1. The molecule has 2 aliphatic rings. The zero-order chi connectivity index (χ0) is 17.9. The van der Waals surface area contributed by atoms with Gasteiger partial charge in [-0.05, 0) is 56.7 Å². The Hall–Kier alpha value is -2.01. The number of allylic oxidation sites excluding steroid dienone is 2. The van der Waals surface area contributed by atoms with Crippen molar-refractivity contribution in [2.45, 2.75) is 38.0 Å². The van der Waals surface area contributed by atoms with Crippen LogP contribution in [0.25, 0.3) is 11.1 Å². The van der Waals surface area contributed by atoms with Crippen LogP contribution in [0.3, 0.4) is 0 Å². The number of likely N-dealkylation sites (tertiary alicyclic amines) is 1. The first-order valence-electron chi connectivity index (χ1n) is 9.57. The summed E-state index contributed by atoms with van der Waals surface area (Å²) in [5.41, 5.74) is 1.46. The molecule has 1 N–H and O–H groups in total. The largest absolute Gasteiger partial charge is 0.302 e. The van der Waals surface area contributed by atoms with Crippen molar-refractivity contribution in [1.82, 2.24) is 15.1 Å². The lowest BCUT2D eigenvalue weighted by molar-refractivity contribution is 0.173. The lowest BCUT2D eigenvalue weighted by Crippen LogP contribution is -2.38. The molecule has 26 heavy (non-hydrogen) atoms. The van der Waals surface area contributed by atoms with E-state index < -0.39 is 11.6 Å². The summed E-state index contributed by atoms with van der Waals surface area (Å²) in [6.45, 7) is 3.14. The van der Waals surface area contributed by atoms with Crippen LogP contribution < -0.4 is 0 Å². The lowest BCUT2D eigenvalue weighted by atomic mass is 9.88. The summed E-state index contributed by atoms with van der Waals surface area (Å²) >= 11 is 0. The maximum absolute atomic E-state index is 14.2. The van der Waals surface area contributed by atoms with Crippen LogP contribution in [-0.2, 0) is 0 Å². The summed E-state index contributed by atoms with van der Waals surface area (Å²) in [7, 11) is 0. The molecule has 0 saturated carbocycles. The summed E-state index contributed by atoms with van der Waals surface area (Å²) in [6, 6.07) is 4.01. The fourth-order valence-corrected chi connectivity index (χ4v) is 4.41. The van der Waals surface area contributed by atoms with Gasteiger partial charge >= 0.3 is 0 Å². The minimum Gasteiger partial charge on any atom is -0.302 e. The van der Waals surface area contributed by atoms with Crippen molar-refractivity contribution >= 4 is 0 Å². The van der Waals surface area contributed by atoms with Gasteiger partial charge < -0.3 is 4.90 Å². The molecule has 0 radical (unpaired) electrons. The normalized spacial score (nSPS) is 24.1. The van der Waals surface area contributed by atoms with Crippen molar-refractivity contribution in [3.8, 4) is 11.1 Å². The number of halogens is 2. The van der Waals surface area contributed by atoms with E-state index in [2.05, 4.69) is 27.2 Å². The molecule has 0 spiro atoms. The number of nitrogens with one attached hydrogen (secondary N) is 1. The second kappa shape index (κ2) is 7.70. The van der Waals surface area contributed by atoms with Gasteiger partial charge in [-0.15, -0.1) is 0 Å². The third-order valence-corrected chi connectivity index (χ3v) is 5.71. The Kier molecular flexibility index (Phi) is 5.16. The molecule has 1 saturated heterocycles. The van der Waals surface area contributed by atoms with Crippen LogP contribution in [0.4, 0.5) is 8.78 Å². The summed E-state index contributed by atoms with van der Waals surface area (Å²) in [4.78, 5) is 2.51. The zero-order valence-electron chi connectivity index (χ0n) is 14.9. The van der Waals surface area contributed by atoms with E-state index in [1.807, 2.05) is 0 Å². The van der Waals surface area contributed by atoms with Gasteiger partial charge in [0.15, 0.2) is 0 Å². The Balaban J connectivity index is 1.53. The second-order valence-electron chi connectivity index (χ2n) is 7.54. The number of rotatable bonds is 4. The van der Waals surface area contributed by atoms with Gasteiger partial charge in [0.05, 0.1) is 11.8 Å². The molecule has 5 heteroatoms. The third-order valence-electron chi connectivity index (χ3n) is 5.71. The zero-order valence-corrected chi connectivity index (χ0v) is 14.9. The maximum Gasteiger partial charge on any atom is 0.134 e. The first-order chi connectivity index (χ1) is 12.7. The average Bonchev–Trinajstić information content (AvgIpc) is 3.12. The molecular formula is C21H25F2N3. The molecule has 2 aromatic rings. The topological polar surface area (TPSA) is 31.9 Å². The van der Waals surface area contributed by atoms with Crippen LogP contribution in [0.1, 0.15) is 43.7 Å². The standard InChI is InChI=1S/C21H25F2N3/c22-18-9-4-10-19(23)20(18)17-12-24-25-21(17)16-8-5-11-26(14-16)13-15-6-2-1-3-7-15/h1-2,4,9-10,12,15-16H,3,5-8,11,13-14H2,(H,24,25)/t15-,16+/m1/s1. The highest BCUT2D eigenvalue weighted by Gasteiger charge is 2.28. The second-order valence-corrected chi connectivity index (χ2v) is 7.54. The number of hydrogen-bond donors (Lipinski definition) is 1. The molecule has 1 aromatic heterocycles. The van der Waals surface area contributed by atoms with Crippen LogP contribution in [0.5, 0.6) is 0 Å². The number of nitrogens with zero attached hydrogens (tertiary/aromatic N) is 2. The highest BCUT2D eigenvalue weighted by molar-refractivity contribution is 5.67. The molecule has 1 aliphatic heterocycles. The molecule has 138 valence electrons. The Labute approximate surface area is 153 Å². The van der Waals surface area contributed by atoms with Crippen LogP contribution >= 0.6 is 0 Å². The van der Waals surface area contributed by atoms with Crippen molar-refractivity contribution in [2.24, 2.45) is 5.92 Å². The van der Waals surface area contributed by atoms with Gasteiger partial charge in [0.1, 0.15) is 11.6 Å². The number of piperidine rings is 1. The van der Waals surface area contributed by atoms with E-state index in [4.69, 9.17) is 0 Å². The molecule has 0 unspecified atom stereocenters. The van der Waals surface area contributed by atoms with Gasteiger partial charge in [-0.1, -0.05) is 18.2 Å². The van der Waals surface area contributed by atoms with E-state index in [1.165, 1.54) is 31.0 Å². The molecule has 4 rings (SSSR count). The van der Waals surface area contributed by atoms with Crippen LogP contribution in [0.15, 0.2) is 36.5 Å². The third kappa shape index (κ3) is 3.58. The Morgan fingerprint density at radius 1 is 1.15 bits per heavy atom. The maximum atomic E-state index is 14.2. The number of aromatic nitrogens is 2. The molecule has 2 atom stereocenters. The highest BCUT2D eigenvalue weighted by atomic mass is 19.1. The summed E-state index contributed by atoms with van der Waals surface area (Å²) < 4.78 is 28.5. The van der Waals surface area contributed by atoms with Gasteiger partial charge in [0.2, 0.25) is 0 Å². The van der Waals surface area contributed by atoms with Crippen molar-refractivity contribution in [3.05, 3.63) is 53.9 Å². The predicted molar refractivity (Wildman–Crippen MR) is 98.8 cm³/mol. The average molecular weight is 357 g/mol. The van der Waals surface area contributed by atoms with Crippen molar-refractivity contribution in [2.75, 3.05) is 19.6 Å². The van der Waals surface area contributed by atoms with Crippen molar-refractivity contribution < 1.29 is 8.78 Å². The minimum absolute atomic E-state index is 0.0331. The summed E-state index contributed by atoms with van der Waals surface area (Å²) in [6.07, 6.45) is 11.8. The minimum atomic E-state index is -0.533. The fraction of sp³-hybridized carbons (Fsp3) is 0.476. The summed E-state index contributed by atoms with van der Waals surface area (Å²) in [5, 5.41) is 7.14. The van der Waals surface area contributed by atoms with E-state index >= 15 is 0 Å².